The van der Waals surface area contributed by atoms with E-state index in [1.54, 1.807) is 4.90 Å². The highest BCUT2D eigenvalue weighted by Crippen LogP contribution is 2.20. The van der Waals surface area contributed by atoms with Gasteiger partial charge in [0, 0.05) is 18.4 Å². The Bertz CT molecular complexity index is 573. The number of nitrogens with one attached hydrogen (secondary N) is 1. The first-order chi connectivity index (χ1) is 10.3. The fourth-order valence-corrected chi connectivity index (χ4v) is 3.22. The molecule has 0 unspecified atom stereocenters. The minimum Gasteiger partial charge on any atom is -0.334 e. The maximum atomic E-state index is 12.9. The highest BCUT2D eigenvalue weighted by Gasteiger charge is 2.28. The molecule has 0 amide bonds. The van der Waals surface area contributed by atoms with E-state index in [2.05, 4.69) is 12.1 Å². The quantitative estimate of drug-likeness (QED) is 0.834. The van der Waals surface area contributed by atoms with Crippen LogP contribution in [0.5, 0.6) is 0 Å². The van der Waals surface area contributed by atoms with Gasteiger partial charge in [-0.3, -0.25) is 4.79 Å². The summed E-state index contributed by atoms with van der Waals surface area (Å²) >= 11 is 0. The first-order valence-electron chi connectivity index (χ1n) is 7.82. The van der Waals surface area contributed by atoms with Gasteiger partial charge in [-0.15, -0.1) is 0 Å². The second kappa shape index (κ2) is 6.68. The van der Waals surface area contributed by atoms with Crippen molar-refractivity contribution in [2.45, 2.75) is 18.8 Å². The van der Waals surface area contributed by atoms with Gasteiger partial charge in [0.1, 0.15) is 0 Å². The zero-order chi connectivity index (χ0) is 14.5. The van der Waals surface area contributed by atoms with E-state index in [9.17, 15) is 4.79 Å². The van der Waals surface area contributed by atoms with E-state index in [0.717, 1.165) is 17.7 Å². The van der Waals surface area contributed by atoms with Gasteiger partial charge in [-0.25, -0.2) is 0 Å². The zero-order valence-corrected chi connectivity index (χ0v) is 12.3. The van der Waals surface area contributed by atoms with Gasteiger partial charge in [-0.1, -0.05) is 60.7 Å². The van der Waals surface area contributed by atoms with Crippen molar-refractivity contribution in [3.05, 3.63) is 71.8 Å². The van der Waals surface area contributed by atoms with Crippen LogP contribution < -0.4 is 4.90 Å². The molecule has 21 heavy (non-hydrogen) atoms. The average molecular weight is 280 g/mol. The van der Waals surface area contributed by atoms with E-state index < -0.39 is 0 Å². The van der Waals surface area contributed by atoms with Crippen LogP contribution in [0.3, 0.4) is 0 Å². The summed E-state index contributed by atoms with van der Waals surface area (Å²) in [6.45, 7) is 3.31. The molecule has 0 bridgehead atoms. The Kier molecular flexibility index (Phi) is 4.46. The average Bonchev–Trinajstić information content (AvgIpc) is 3.07. The van der Waals surface area contributed by atoms with Crippen molar-refractivity contribution < 1.29 is 9.69 Å². The molecule has 1 aliphatic heterocycles. The first kappa shape index (κ1) is 14.0. The van der Waals surface area contributed by atoms with Crippen molar-refractivity contribution in [3.63, 3.8) is 0 Å². The fourth-order valence-electron chi connectivity index (χ4n) is 3.22. The monoisotopic (exact) mass is 280 g/mol. The lowest BCUT2D eigenvalue weighted by molar-refractivity contribution is -0.887. The largest absolute Gasteiger partial charge is 0.334 e. The van der Waals surface area contributed by atoms with Crippen LogP contribution in [-0.2, 0) is 0 Å². The lowest BCUT2D eigenvalue weighted by Gasteiger charge is -2.20. The van der Waals surface area contributed by atoms with Gasteiger partial charge in [0.25, 0.3) is 0 Å². The van der Waals surface area contributed by atoms with Crippen LogP contribution >= 0.6 is 0 Å². The maximum Gasteiger partial charge on any atom is 0.175 e. The molecule has 0 spiro atoms. The molecule has 1 N–H and O–H groups in total. The summed E-state index contributed by atoms with van der Waals surface area (Å²) in [6, 6.07) is 19.9. The molecular formula is C19H22NO+. The molecule has 1 saturated heterocycles. The summed E-state index contributed by atoms with van der Waals surface area (Å²) in [7, 11) is 0. The number of hydrogen-bond acceptors (Lipinski definition) is 1. The molecule has 0 aromatic heterocycles. The predicted octanol–water partition coefficient (Wildman–Crippen LogP) is 2.33. The Morgan fingerprint density at radius 1 is 0.905 bits per heavy atom. The number of ketones is 1. The number of rotatable bonds is 5. The Morgan fingerprint density at radius 2 is 1.48 bits per heavy atom. The van der Waals surface area contributed by atoms with Crippen LogP contribution in [0.2, 0.25) is 0 Å². The van der Waals surface area contributed by atoms with Crippen molar-refractivity contribution >= 4 is 5.78 Å². The minimum atomic E-state index is -0.0262. The van der Waals surface area contributed by atoms with Crippen molar-refractivity contribution in [3.8, 4) is 0 Å². The van der Waals surface area contributed by atoms with Crippen LogP contribution in [0, 0.1) is 0 Å². The zero-order valence-electron chi connectivity index (χ0n) is 12.3. The third-order valence-corrected chi connectivity index (χ3v) is 4.38. The van der Waals surface area contributed by atoms with Gasteiger partial charge >= 0.3 is 0 Å². The molecule has 2 aromatic rings. The summed E-state index contributed by atoms with van der Waals surface area (Å²) in [6.07, 6.45) is 2.58. The number of Topliss-reactive ketones (excluding diaryl/α,β-unsaturated/α-hetero) is 1. The van der Waals surface area contributed by atoms with Gasteiger partial charge in [0.2, 0.25) is 0 Å². The molecule has 0 aliphatic carbocycles. The number of quaternary nitrogens is 1. The number of likely N-dealkylation sites (tertiary alicyclic amines) is 1. The Hall–Kier alpha value is -1.93. The van der Waals surface area contributed by atoms with Gasteiger partial charge in [-0.05, 0) is 5.56 Å². The lowest BCUT2D eigenvalue weighted by atomic mass is 9.90. The molecule has 3 rings (SSSR count). The molecule has 2 nitrogen and oxygen atoms in total. The minimum absolute atomic E-state index is 0.0262. The standard InChI is InChI=1S/C19H21NO/c21-19(17-11-5-2-6-12-17)18(15-20-13-7-8-14-20)16-9-3-1-4-10-16/h1-6,9-12,18H,7-8,13-15H2/p+1/t18-/m1/s1. The fraction of sp³-hybridized carbons (Fsp3) is 0.316. The summed E-state index contributed by atoms with van der Waals surface area (Å²) in [5.74, 6) is 0.225. The van der Waals surface area contributed by atoms with E-state index in [-0.39, 0.29) is 11.7 Å². The predicted molar refractivity (Wildman–Crippen MR) is 84.8 cm³/mol. The summed E-state index contributed by atoms with van der Waals surface area (Å²) in [5.41, 5.74) is 1.97. The number of carbonyl (C=O) groups is 1. The lowest BCUT2D eigenvalue weighted by Crippen LogP contribution is -3.10. The molecule has 1 atom stereocenters. The van der Waals surface area contributed by atoms with E-state index in [1.165, 1.54) is 25.9 Å². The van der Waals surface area contributed by atoms with Crippen LogP contribution in [0.1, 0.15) is 34.7 Å². The van der Waals surface area contributed by atoms with E-state index >= 15 is 0 Å². The molecular weight excluding hydrogens is 258 g/mol. The number of carbonyl (C=O) groups excluding carboxylic acids is 1. The number of hydrogen-bond donors (Lipinski definition) is 1. The van der Waals surface area contributed by atoms with Crippen LogP contribution in [0.15, 0.2) is 60.7 Å². The second-order valence-electron chi connectivity index (χ2n) is 5.85. The first-order valence-corrected chi connectivity index (χ1v) is 7.82. The van der Waals surface area contributed by atoms with Crippen LogP contribution in [0.25, 0.3) is 0 Å². The Balaban J connectivity index is 1.86. The molecule has 1 aliphatic rings. The maximum absolute atomic E-state index is 12.9. The molecule has 108 valence electrons. The van der Waals surface area contributed by atoms with E-state index in [0.29, 0.717) is 0 Å². The SMILES string of the molecule is O=C(c1ccccc1)[C@H](C[NH+]1CCCC1)c1ccccc1. The topological polar surface area (TPSA) is 21.5 Å². The van der Waals surface area contributed by atoms with Gasteiger partial charge in [0.05, 0.1) is 25.6 Å². The third-order valence-electron chi connectivity index (χ3n) is 4.38. The van der Waals surface area contributed by atoms with Gasteiger partial charge < -0.3 is 4.90 Å². The smallest absolute Gasteiger partial charge is 0.175 e. The van der Waals surface area contributed by atoms with E-state index in [1.807, 2.05) is 48.5 Å². The highest BCUT2D eigenvalue weighted by atomic mass is 16.1. The highest BCUT2D eigenvalue weighted by molar-refractivity contribution is 6.01. The summed E-state index contributed by atoms with van der Waals surface area (Å²) < 4.78 is 0. The van der Waals surface area contributed by atoms with Gasteiger partial charge in [-0.2, -0.15) is 0 Å². The number of benzene rings is 2. The molecule has 0 radical (unpaired) electrons. The summed E-state index contributed by atoms with van der Waals surface area (Å²) in [4.78, 5) is 14.5. The van der Waals surface area contributed by atoms with Gasteiger partial charge in [0.15, 0.2) is 5.78 Å². The van der Waals surface area contributed by atoms with Crippen LogP contribution in [-0.4, -0.2) is 25.4 Å². The van der Waals surface area contributed by atoms with Crippen LogP contribution in [0.4, 0.5) is 0 Å². The van der Waals surface area contributed by atoms with Crippen molar-refractivity contribution in [2.24, 2.45) is 0 Å². The second-order valence-corrected chi connectivity index (χ2v) is 5.85. The van der Waals surface area contributed by atoms with E-state index in [4.69, 9.17) is 0 Å². The molecule has 0 saturated carbocycles. The van der Waals surface area contributed by atoms with Crippen molar-refractivity contribution in [1.29, 1.82) is 0 Å². The Labute approximate surface area is 126 Å². The van der Waals surface area contributed by atoms with Crippen molar-refractivity contribution in [1.82, 2.24) is 0 Å². The summed E-state index contributed by atoms with van der Waals surface area (Å²) in [5, 5.41) is 0. The normalized spacial score (nSPS) is 16.8. The molecule has 2 aromatic carbocycles. The Morgan fingerprint density at radius 3 is 2.10 bits per heavy atom. The third kappa shape index (κ3) is 3.40. The molecule has 1 heterocycles. The molecule has 1 fully saturated rings. The van der Waals surface area contributed by atoms with Crippen molar-refractivity contribution in [2.75, 3.05) is 19.6 Å². The molecule has 2 heteroatoms.